The topological polar surface area (TPSA) is 76.0 Å². The van der Waals surface area contributed by atoms with Crippen LogP contribution in [0.3, 0.4) is 0 Å². The maximum atomic E-state index is 11.6. The van der Waals surface area contributed by atoms with E-state index in [0.717, 1.165) is 5.56 Å². The number of para-hydroxylation sites is 1. The molecule has 1 unspecified atom stereocenters. The van der Waals surface area contributed by atoms with Gasteiger partial charge in [-0.1, -0.05) is 24.3 Å². The first kappa shape index (κ1) is 15.7. The summed E-state index contributed by atoms with van der Waals surface area (Å²) in [6.07, 6.45) is 0.264. The van der Waals surface area contributed by atoms with Crippen LogP contribution in [0.4, 0.5) is 0 Å². The van der Waals surface area contributed by atoms with Crippen LogP contribution in [0.5, 0.6) is 17.2 Å². The average Bonchev–Trinajstić information content (AvgIpc) is 2.52. The van der Waals surface area contributed by atoms with E-state index in [4.69, 9.17) is 9.47 Å². The summed E-state index contributed by atoms with van der Waals surface area (Å²) in [5.74, 6) is -0.464. The van der Waals surface area contributed by atoms with Gasteiger partial charge in [-0.2, -0.15) is 0 Å². The van der Waals surface area contributed by atoms with Crippen molar-refractivity contribution in [1.29, 1.82) is 0 Å². The Bertz CT molecular complexity index is 649. The Hall–Kier alpha value is -2.69. The van der Waals surface area contributed by atoms with E-state index in [0.29, 0.717) is 17.1 Å². The fourth-order valence-electron chi connectivity index (χ4n) is 2.39. The fourth-order valence-corrected chi connectivity index (χ4v) is 2.39. The lowest BCUT2D eigenvalue weighted by molar-refractivity contribution is -0.138. The Balaban J connectivity index is 2.37. The molecule has 0 aliphatic carbocycles. The summed E-state index contributed by atoms with van der Waals surface area (Å²) in [7, 11) is 3.06. The van der Waals surface area contributed by atoms with Crippen molar-refractivity contribution in [3.05, 3.63) is 53.6 Å². The number of carboxylic acids is 1. The van der Waals surface area contributed by atoms with E-state index in [2.05, 4.69) is 0 Å². The largest absolute Gasteiger partial charge is 0.508 e. The molecule has 0 aromatic heterocycles. The lowest BCUT2D eigenvalue weighted by Gasteiger charge is -2.17. The van der Waals surface area contributed by atoms with Crippen LogP contribution in [0.15, 0.2) is 42.5 Å². The molecule has 0 aliphatic rings. The minimum absolute atomic E-state index is 0.104. The molecule has 0 bridgehead atoms. The van der Waals surface area contributed by atoms with Gasteiger partial charge in [0, 0.05) is 0 Å². The van der Waals surface area contributed by atoms with Gasteiger partial charge in [0.1, 0.15) is 5.75 Å². The van der Waals surface area contributed by atoms with Crippen molar-refractivity contribution in [2.75, 3.05) is 14.2 Å². The lowest BCUT2D eigenvalue weighted by Crippen LogP contribution is -2.15. The van der Waals surface area contributed by atoms with Crippen LogP contribution < -0.4 is 9.47 Å². The molecule has 0 saturated carbocycles. The van der Waals surface area contributed by atoms with Crippen molar-refractivity contribution < 1.29 is 24.5 Å². The zero-order chi connectivity index (χ0) is 16.1. The van der Waals surface area contributed by atoms with E-state index in [1.54, 1.807) is 24.3 Å². The van der Waals surface area contributed by atoms with Gasteiger partial charge in [0.15, 0.2) is 11.5 Å². The van der Waals surface area contributed by atoms with Crippen LogP contribution >= 0.6 is 0 Å². The molecule has 0 aliphatic heterocycles. The molecule has 0 heterocycles. The van der Waals surface area contributed by atoms with Gasteiger partial charge in [-0.25, -0.2) is 0 Å². The summed E-state index contributed by atoms with van der Waals surface area (Å²) in [5.41, 5.74) is 1.37. The molecule has 2 rings (SSSR count). The number of aliphatic carboxylic acids is 1. The van der Waals surface area contributed by atoms with Gasteiger partial charge < -0.3 is 19.7 Å². The third-order valence-electron chi connectivity index (χ3n) is 3.50. The number of methoxy groups -OCH3 is 2. The summed E-state index contributed by atoms with van der Waals surface area (Å²) in [5, 5.41) is 18.8. The molecule has 22 heavy (non-hydrogen) atoms. The molecule has 0 saturated heterocycles. The number of phenolic OH excluding ortho intramolecular Hbond substituents is 1. The second kappa shape index (κ2) is 6.85. The number of phenols is 1. The molecular formula is C17H18O5. The Morgan fingerprint density at radius 2 is 1.77 bits per heavy atom. The first-order valence-electron chi connectivity index (χ1n) is 6.78. The average molecular weight is 302 g/mol. The lowest BCUT2D eigenvalue weighted by atomic mass is 9.91. The van der Waals surface area contributed by atoms with Crippen LogP contribution in [0.1, 0.15) is 17.0 Å². The number of carbonyl (C=O) groups is 1. The van der Waals surface area contributed by atoms with Crippen LogP contribution in [0.25, 0.3) is 0 Å². The van der Waals surface area contributed by atoms with Gasteiger partial charge in [-0.3, -0.25) is 4.79 Å². The maximum Gasteiger partial charge on any atom is 0.311 e. The minimum Gasteiger partial charge on any atom is -0.508 e. The third-order valence-corrected chi connectivity index (χ3v) is 3.50. The van der Waals surface area contributed by atoms with Crippen LogP contribution in [0, 0.1) is 0 Å². The second-order valence-corrected chi connectivity index (χ2v) is 4.84. The summed E-state index contributed by atoms with van der Waals surface area (Å²) in [4.78, 5) is 11.6. The highest BCUT2D eigenvalue weighted by atomic mass is 16.5. The number of ether oxygens (including phenoxy) is 2. The van der Waals surface area contributed by atoms with Gasteiger partial charge in [-0.05, 0) is 35.7 Å². The Morgan fingerprint density at radius 1 is 1.09 bits per heavy atom. The number of benzene rings is 2. The van der Waals surface area contributed by atoms with Crippen molar-refractivity contribution in [2.24, 2.45) is 0 Å². The first-order chi connectivity index (χ1) is 10.6. The second-order valence-electron chi connectivity index (χ2n) is 4.84. The van der Waals surface area contributed by atoms with Crippen LogP contribution in [-0.4, -0.2) is 30.4 Å². The van der Waals surface area contributed by atoms with Crippen molar-refractivity contribution in [2.45, 2.75) is 12.3 Å². The molecule has 0 fully saturated rings. The molecule has 116 valence electrons. The fraction of sp³-hybridized carbons (Fsp3) is 0.235. The van der Waals surface area contributed by atoms with E-state index in [9.17, 15) is 15.0 Å². The Kier molecular flexibility index (Phi) is 4.88. The standard InChI is InChI=1S/C17H18O5/c1-21-15-5-3-4-12(16(15)22-2)10-14(17(19)20)11-6-8-13(18)9-7-11/h3-9,14,18H,10H2,1-2H3,(H,19,20). The highest BCUT2D eigenvalue weighted by Crippen LogP contribution is 2.34. The van der Waals surface area contributed by atoms with Gasteiger partial charge in [0.25, 0.3) is 0 Å². The first-order valence-corrected chi connectivity index (χ1v) is 6.78. The third kappa shape index (κ3) is 3.31. The quantitative estimate of drug-likeness (QED) is 0.858. The van der Waals surface area contributed by atoms with Crippen LogP contribution in [0.2, 0.25) is 0 Å². The number of hydrogen-bond donors (Lipinski definition) is 2. The predicted octanol–water partition coefficient (Wildman–Crippen LogP) is 2.82. The molecule has 2 aromatic rings. The number of rotatable bonds is 6. The Morgan fingerprint density at radius 3 is 2.32 bits per heavy atom. The number of hydrogen-bond acceptors (Lipinski definition) is 4. The highest BCUT2D eigenvalue weighted by Gasteiger charge is 2.23. The SMILES string of the molecule is COc1cccc(CC(C(=O)O)c2ccc(O)cc2)c1OC. The van der Waals surface area contributed by atoms with Crippen molar-refractivity contribution in [3.8, 4) is 17.2 Å². The molecule has 0 amide bonds. The van der Waals surface area contributed by atoms with Crippen molar-refractivity contribution in [3.63, 3.8) is 0 Å². The monoisotopic (exact) mass is 302 g/mol. The summed E-state index contributed by atoms with van der Waals surface area (Å²) in [6.45, 7) is 0. The van der Waals surface area contributed by atoms with E-state index in [-0.39, 0.29) is 12.2 Å². The molecule has 2 N–H and O–H groups in total. The molecular weight excluding hydrogens is 284 g/mol. The molecule has 0 spiro atoms. The van der Waals surface area contributed by atoms with Crippen LogP contribution in [-0.2, 0) is 11.2 Å². The zero-order valence-electron chi connectivity index (χ0n) is 12.4. The van der Waals surface area contributed by atoms with Gasteiger partial charge in [0.2, 0.25) is 0 Å². The van der Waals surface area contributed by atoms with Crippen molar-refractivity contribution >= 4 is 5.97 Å². The maximum absolute atomic E-state index is 11.6. The molecule has 1 atom stereocenters. The number of aromatic hydroxyl groups is 1. The van der Waals surface area contributed by atoms with E-state index in [1.165, 1.54) is 26.4 Å². The molecule has 5 nitrogen and oxygen atoms in total. The van der Waals surface area contributed by atoms with E-state index >= 15 is 0 Å². The van der Waals surface area contributed by atoms with E-state index < -0.39 is 11.9 Å². The van der Waals surface area contributed by atoms with Gasteiger partial charge in [-0.15, -0.1) is 0 Å². The van der Waals surface area contributed by atoms with Gasteiger partial charge >= 0.3 is 5.97 Å². The zero-order valence-corrected chi connectivity index (χ0v) is 12.4. The molecule has 2 aromatic carbocycles. The summed E-state index contributed by atoms with van der Waals surface area (Å²) >= 11 is 0. The smallest absolute Gasteiger partial charge is 0.311 e. The van der Waals surface area contributed by atoms with Crippen molar-refractivity contribution in [1.82, 2.24) is 0 Å². The minimum atomic E-state index is -0.935. The molecule has 0 radical (unpaired) electrons. The van der Waals surface area contributed by atoms with E-state index in [1.807, 2.05) is 6.07 Å². The summed E-state index contributed by atoms with van der Waals surface area (Å²) in [6, 6.07) is 11.6. The predicted molar refractivity (Wildman–Crippen MR) is 81.7 cm³/mol. The normalized spacial score (nSPS) is 11.7. The number of carboxylic acid groups (broad SMARTS) is 1. The van der Waals surface area contributed by atoms with Gasteiger partial charge in [0.05, 0.1) is 20.1 Å². The Labute approximate surface area is 128 Å². The molecule has 5 heteroatoms. The summed E-state index contributed by atoms with van der Waals surface area (Å²) < 4.78 is 10.6. The highest BCUT2D eigenvalue weighted by molar-refractivity contribution is 5.77.